The van der Waals surface area contributed by atoms with Crippen molar-refractivity contribution in [1.82, 2.24) is 0 Å². The molecule has 0 spiro atoms. The molecule has 0 aromatic rings. The van der Waals surface area contributed by atoms with E-state index in [-0.39, 0.29) is 0 Å². The quantitative estimate of drug-likeness (QED) is 0.407. The molecule has 0 unspecified atom stereocenters. The van der Waals surface area contributed by atoms with Gasteiger partial charge in [-0.3, -0.25) is 0 Å². The summed E-state index contributed by atoms with van der Waals surface area (Å²) in [5.41, 5.74) is 0.763. The summed E-state index contributed by atoms with van der Waals surface area (Å²) in [5.74, 6) is 0.325. The topological polar surface area (TPSA) is 26.3 Å². The van der Waals surface area contributed by atoms with Crippen LogP contribution in [0.25, 0.3) is 0 Å². The average Bonchev–Trinajstić information content (AvgIpc) is 1.99. The van der Waals surface area contributed by atoms with Crippen LogP contribution >= 0.6 is 28.6 Å². The van der Waals surface area contributed by atoms with Crippen molar-refractivity contribution < 1.29 is 9.09 Å². The van der Waals surface area contributed by atoms with E-state index in [0.29, 0.717) is 5.76 Å². The summed E-state index contributed by atoms with van der Waals surface area (Å²) in [6.07, 6.45) is 1.47. The molecule has 0 amide bonds. The van der Waals surface area contributed by atoms with E-state index in [4.69, 9.17) is 27.0 Å². The maximum absolute atomic E-state index is 10.9. The monoisotopic (exact) mass is 240 g/mol. The Morgan fingerprint density at radius 1 is 1.54 bits per heavy atom. The van der Waals surface area contributed by atoms with Gasteiger partial charge in [0, 0.05) is 22.5 Å². The van der Waals surface area contributed by atoms with Crippen LogP contribution in [0.2, 0.25) is 0 Å². The summed E-state index contributed by atoms with van der Waals surface area (Å²) in [7, 11) is 0. The summed E-state index contributed by atoms with van der Waals surface area (Å²) in [6, 6.07) is 0. The summed E-state index contributed by atoms with van der Waals surface area (Å²) < 4.78 is 15.7. The Bertz CT molecular complexity index is 289. The Hall–Kier alpha value is -0.170. The molecule has 0 aliphatic rings. The third kappa shape index (κ3) is 5.98. The van der Waals surface area contributed by atoms with Gasteiger partial charge in [0.2, 0.25) is 0 Å². The van der Waals surface area contributed by atoms with E-state index in [1.54, 1.807) is 13.0 Å². The van der Waals surface area contributed by atoms with Crippen molar-refractivity contribution in [3.63, 3.8) is 0 Å². The highest BCUT2D eigenvalue weighted by Gasteiger charge is 2.17. The van der Waals surface area contributed by atoms with E-state index in [0.717, 1.165) is 5.57 Å². The lowest BCUT2D eigenvalue weighted by Crippen LogP contribution is -1.84. The molecule has 0 radical (unpaired) electrons. The van der Waals surface area contributed by atoms with Crippen LogP contribution in [0.3, 0.4) is 0 Å². The predicted molar refractivity (Wildman–Crippen MR) is 58.1 cm³/mol. The lowest BCUT2D eigenvalue weighted by atomic mass is 10.2. The molecular weight excluding hydrogens is 230 g/mol. The van der Waals surface area contributed by atoms with Crippen LogP contribution in [0, 0.1) is 0 Å². The first kappa shape index (κ1) is 12.8. The van der Waals surface area contributed by atoms with Crippen molar-refractivity contribution >= 4 is 28.6 Å². The fourth-order valence-corrected chi connectivity index (χ4v) is 1.61. The first-order valence-corrected chi connectivity index (χ1v) is 6.99. The van der Waals surface area contributed by atoms with Crippen molar-refractivity contribution in [2.45, 2.75) is 13.8 Å². The molecule has 0 N–H and O–H groups in total. The predicted octanol–water partition coefficient (Wildman–Crippen LogP) is 4.62. The van der Waals surface area contributed by atoms with Crippen LogP contribution in [0.5, 0.6) is 0 Å². The van der Waals surface area contributed by atoms with Crippen molar-refractivity contribution in [2.75, 3.05) is 0 Å². The number of allylic oxidation sites excluding steroid dienone is 4. The highest BCUT2D eigenvalue weighted by atomic mass is 35.9. The Morgan fingerprint density at radius 2 is 2.08 bits per heavy atom. The molecule has 0 aromatic heterocycles. The molecule has 0 fully saturated rings. The smallest absolute Gasteiger partial charge is 0.422 e. The highest BCUT2D eigenvalue weighted by molar-refractivity contribution is 8.05. The van der Waals surface area contributed by atoms with Crippen LogP contribution in [0.4, 0.5) is 0 Å². The van der Waals surface area contributed by atoms with E-state index in [1.807, 2.05) is 13.0 Å². The molecule has 0 saturated carbocycles. The second-order valence-electron chi connectivity index (χ2n) is 2.26. The number of rotatable bonds is 4. The third-order valence-electron chi connectivity index (χ3n) is 1.20. The summed E-state index contributed by atoms with van der Waals surface area (Å²) in [6.45, 7) is 7.12. The largest absolute Gasteiger partial charge is 0.428 e. The molecule has 13 heavy (non-hydrogen) atoms. The Kier molecular flexibility index (Phi) is 5.46. The fourth-order valence-electron chi connectivity index (χ4n) is 0.717. The van der Waals surface area contributed by atoms with E-state index in [9.17, 15) is 4.57 Å². The molecule has 0 bridgehead atoms. The Labute approximate surface area is 87.9 Å². The SMILES string of the molecule is C=CC(OP(=O)(Cl)Cl)=C(C)C=CC. The van der Waals surface area contributed by atoms with Gasteiger partial charge in [0.1, 0.15) is 5.76 Å². The van der Waals surface area contributed by atoms with Crippen LogP contribution in [0.1, 0.15) is 13.8 Å². The molecule has 0 atom stereocenters. The summed E-state index contributed by atoms with van der Waals surface area (Å²) >= 11 is 10.5. The zero-order valence-electron chi connectivity index (χ0n) is 7.46. The second kappa shape index (κ2) is 5.54. The van der Waals surface area contributed by atoms with Crippen LogP contribution < -0.4 is 0 Å². The van der Waals surface area contributed by atoms with Crippen LogP contribution in [-0.2, 0) is 9.09 Å². The second-order valence-corrected chi connectivity index (χ2v) is 6.46. The van der Waals surface area contributed by atoms with Crippen LogP contribution in [-0.4, -0.2) is 0 Å². The third-order valence-corrected chi connectivity index (χ3v) is 2.02. The van der Waals surface area contributed by atoms with Crippen molar-refractivity contribution in [1.29, 1.82) is 0 Å². The van der Waals surface area contributed by atoms with E-state index >= 15 is 0 Å². The number of halogens is 2. The van der Waals surface area contributed by atoms with E-state index < -0.39 is 6.07 Å². The summed E-state index contributed by atoms with van der Waals surface area (Å²) in [4.78, 5) is 0. The maximum atomic E-state index is 10.9. The van der Waals surface area contributed by atoms with Gasteiger partial charge in [-0.15, -0.1) is 0 Å². The van der Waals surface area contributed by atoms with Gasteiger partial charge in [-0.1, -0.05) is 18.7 Å². The summed E-state index contributed by atoms with van der Waals surface area (Å²) in [5, 5.41) is 0. The number of hydrogen-bond donors (Lipinski definition) is 0. The average molecular weight is 241 g/mol. The normalized spacial score (nSPS) is 14.2. The standard InChI is InChI=1S/C8H11Cl2O2P/c1-4-6-7(3)8(5-2)12-13(9,10)11/h4-6H,2H2,1,3H3. The lowest BCUT2D eigenvalue weighted by Gasteiger charge is -2.08. The van der Waals surface area contributed by atoms with E-state index in [1.165, 1.54) is 6.08 Å². The minimum atomic E-state index is -3.53. The van der Waals surface area contributed by atoms with Crippen LogP contribution in [0.15, 0.2) is 36.1 Å². The van der Waals surface area contributed by atoms with Crippen molar-refractivity contribution in [2.24, 2.45) is 0 Å². The molecule has 2 nitrogen and oxygen atoms in total. The van der Waals surface area contributed by atoms with E-state index in [2.05, 4.69) is 6.58 Å². The minimum absolute atomic E-state index is 0.325. The van der Waals surface area contributed by atoms with Gasteiger partial charge in [-0.25, -0.2) is 4.57 Å². The van der Waals surface area contributed by atoms with Gasteiger partial charge in [0.15, 0.2) is 0 Å². The molecule has 0 heterocycles. The highest BCUT2D eigenvalue weighted by Crippen LogP contribution is 2.59. The molecule has 74 valence electrons. The first-order chi connectivity index (χ1) is 5.90. The van der Waals surface area contributed by atoms with Crippen molar-refractivity contribution in [3.8, 4) is 0 Å². The molecule has 0 aliphatic carbocycles. The molecule has 0 rings (SSSR count). The molecule has 0 aromatic carbocycles. The number of hydrogen-bond acceptors (Lipinski definition) is 2. The van der Waals surface area contributed by atoms with Gasteiger partial charge in [0.05, 0.1) is 0 Å². The Morgan fingerprint density at radius 3 is 2.38 bits per heavy atom. The van der Waals surface area contributed by atoms with Gasteiger partial charge in [-0.2, -0.15) is 0 Å². The zero-order valence-corrected chi connectivity index (χ0v) is 9.87. The zero-order chi connectivity index (χ0) is 10.5. The van der Waals surface area contributed by atoms with Gasteiger partial charge >= 0.3 is 6.07 Å². The molecule has 5 heteroatoms. The Balaban J connectivity index is 4.80. The first-order valence-electron chi connectivity index (χ1n) is 3.55. The van der Waals surface area contributed by atoms with Gasteiger partial charge in [0.25, 0.3) is 0 Å². The van der Waals surface area contributed by atoms with Gasteiger partial charge in [-0.05, 0) is 25.5 Å². The molecular formula is C8H11Cl2O2P. The molecule has 0 aliphatic heterocycles. The van der Waals surface area contributed by atoms with Gasteiger partial charge < -0.3 is 4.52 Å². The molecule has 0 saturated heterocycles. The van der Waals surface area contributed by atoms with Crippen molar-refractivity contribution in [3.05, 3.63) is 36.1 Å². The minimum Gasteiger partial charge on any atom is -0.422 e. The lowest BCUT2D eigenvalue weighted by molar-refractivity contribution is 0.442. The maximum Gasteiger partial charge on any atom is 0.428 e. The fraction of sp³-hybridized carbons (Fsp3) is 0.250.